The van der Waals surface area contributed by atoms with Crippen molar-refractivity contribution in [2.45, 2.75) is 13.8 Å². The lowest BCUT2D eigenvalue weighted by atomic mass is 9.96. The van der Waals surface area contributed by atoms with Gasteiger partial charge in [0.15, 0.2) is 0 Å². The van der Waals surface area contributed by atoms with Crippen LogP contribution < -0.4 is 0 Å². The Morgan fingerprint density at radius 2 is 1.88 bits per heavy atom. The third kappa shape index (κ3) is 9.61. The zero-order chi connectivity index (χ0) is 13.0. The van der Waals surface area contributed by atoms with Gasteiger partial charge in [-0.2, -0.15) is 0 Å². The minimum absolute atomic E-state index is 0.302. The molecule has 84 valence electrons. The summed E-state index contributed by atoms with van der Waals surface area (Å²) >= 11 is 0. The van der Waals surface area contributed by atoms with E-state index in [-0.39, 0.29) is 0 Å². The SMILES string of the molecule is C#CC#CC#CC#CC(C)(C)CO/C=N/N=[N-]. The Hall–Kier alpha value is -2.69. The van der Waals surface area contributed by atoms with Crippen molar-refractivity contribution in [2.75, 3.05) is 6.61 Å². The first-order chi connectivity index (χ1) is 8.12. The van der Waals surface area contributed by atoms with Gasteiger partial charge in [-0.3, -0.25) is 5.22 Å². The zero-order valence-corrected chi connectivity index (χ0v) is 9.61. The molecule has 0 spiro atoms. The van der Waals surface area contributed by atoms with Crippen LogP contribution in [0.5, 0.6) is 0 Å². The normalized spacial score (nSPS) is 8.53. The van der Waals surface area contributed by atoms with Crippen LogP contribution in [0.4, 0.5) is 0 Å². The minimum Gasteiger partial charge on any atom is -0.502 e. The van der Waals surface area contributed by atoms with Crippen LogP contribution in [0.25, 0.3) is 5.53 Å². The molecule has 0 aromatic carbocycles. The molecule has 0 radical (unpaired) electrons. The fourth-order valence-corrected chi connectivity index (χ4v) is 0.666. The van der Waals surface area contributed by atoms with E-state index in [1.165, 1.54) is 0 Å². The van der Waals surface area contributed by atoms with Gasteiger partial charge in [-0.1, -0.05) is 5.92 Å². The fraction of sp³-hybridized carbons (Fsp3) is 0.308. The summed E-state index contributed by atoms with van der Waals surface area (Å²) < 4.78 is 4.98. The third-order valence-corrected chi connectivity index (χ3v) is 1.34. The van der Waals surface area contributed by atoms with Gasteiger partial charge in [0, 0.05) is 0 Å². The van der Waals surface area contributed by atoms with Crippen molar-refractivity contribution < 1.29 is 4.74 Å². The van der Waals surface area contributed by atoms with E-state index in [9.17, 15) is 0 Å². The maximum absolute atomic E-state index is 8.01. The highest BCUT2D eigenvalue weighted by Crippen LogP contribution is 2.12. The lowest BCUT2D eigenvalue weighted by Crippen LogP contribution is -2.16. The van der Waals surface area contributed by atoms with Crippen LogP contribution in [0, 0.1) is 53.3 Å². The number of ether oxygens (including phenoxy) is 1. The second-order valence-electron chi connectivity index (χ2n) is 3.40. The summed E-state index contributed by atoms with van der Waals surface area (Å²) in [7, 11) is 0. The topological polar surface area (TPSA) is 56.2 Å². The quantitative estimate of drug-likeness (QED) is 0.235. The second-order valence-corrected chi connectivity index (χ2v) is 3.40. The summed E-state index contributed by atoms with van der Waals surface area (Å²) in [6.45, 7) is 4.05. The molecule has 0 aromatic rings. The molecule has 0 bridgehead atoms. The Bertz CT molecular complexity index is 505. The number of hydrogen-bond donors (Lipinski definition) is 0. The predicted octanol–water partition coefficient (Wildman–Crippen LogP) is 1.64. The molecule has 0 heterocycles. The van der Waals surface area contributed by atoms with Crippen molar-refractivity contribution in [1.29, 1.82) is 0 Å². The maximum atomic E-state index is 8.01. The summed E-state index contributed by atoms with van der Waals surface area (Å²) in [6.07, 6.45) is 5.95. The molecule has 0 atom stereocenters. The van der Waals surface area contributed by atoms with E-state index >= 15 is 0 Å². The van der Waals surface area contributed by atoms with Gasteiger partial charge in [0.1, 0.15) is 6.61 Å². The van der Waals surface area contributed by atoms with Gasteiger partial charge in [0.05, 0.1) is 11.8 Å². The monoisotopic (exact) mass is 224 g/mol. The van der Waals surface area contributed by atoms with Crippen LogP contribution in [0.2, 0.25) is 0 Å². The molecule has 4 heteroatoms. The van der Waals surface area contributed by atoms with E-state index < -0.39 is 5.41 Å². The van der Waals surface area contributed by atoms with E-state index in [1.54, 1.807) is 0 Å². The third-order valence-electron chi connectivity index (χ3n) is 1.34. The Morgan fingerprint density at radius 3 is 2.53 bits per heavy atom. The first-order valence-electron chi connectivity index (χ1n) is 4.57. The molecule has 0 aliphatic rings. The van der Waals surface area contributed by atoms with Crippen LogP contribution in [-0.2, 0) is 4.74 Å². The van der Waals surface area contributed by atoms with E-state index in [0.29, 0.717) is 6.61 Å². The highest BCUT2D eigenvalue weighted by molar-refractivity contribution is 5.46. The Balaban J connectivity index is 4.28. The van der Waals surface area contributed by atoms with E-state index in [0.717, 1.165) is 6.40 Å². The van der Waals surface area contributed by atoms with Gasteiger partial charge in [0.2, 0.25) is 0 Å². The van der Waals surface area contributed by atoms with Gasteiger partial charge in [-0.05, 0) is 49.4 Å². The molecule has 0 aliphatic heterocycles. The highest BCUT2D eigenvalue weighted by Gasteiger charge is 2.13. The van der Waals surface area contributed by atoms with Crippen molar-refractivity contribution >= 4 is 6.40 Å². The molecule has 0 fully saturated rings. The minimum atomic E-state index is -0.393. The summed E-state index contributed by atoms with van der Waals surface area (Å²) in [6, 6.07) is 0. The second kappa shape index (κ2) is 8.60. The largest absolute Gasteiger partial charge is 0.502 e. The summed E-state index contributed by atoms with van der Waals surface area (Å²) in [4.78, 5) is 0. The molecule has 0 amide bonds. The molecule has 0 saturated heterocycles. The first kappa shape index (κ1) is 14.3. The van der Waals surface area contributed by atoms with Crippen molar-refractivity contribution in [2.24, 2.45) is 15.7 Å². The fourth-order valence-electron chi connectivity index (χ4n) is 0.666. The molecule has 0 unspecified atom stereocenters. The highest BCUT2D eigenvalue weighted by atomic mass is 16.5. The summed E-state index contributed by atoms with van der Waals surface area (Å²) in [5.74, 6) is 17.5. The number of rotatable bonds is 4. The van der Waals surface area contributed by atoms with Gasteiger partial charge >= 0.3 is 0 Å². The molecular weight excluding hydrogens is 214 g/mol. The van der Waals surface area contributed by atoms with Gasteiger partial charge in [-0.15, -0.1) is 6.42 Å². The van der Waals surface area contributed by atoms with Crippen molar-refractivity contribution in [1.82, 2.24) is 0 Å². The molecular formula is C13H10N3O-. The van der Waals surface area contributed by atoms with Crippen molar-refractivity contribution in [3.05, 3.63) is 5.53 Å². The summed E-state index contributed by atoms with van der Waals surface area (Å²) in [5.41, 5.74) is 7.62. The standard InChI is InChI=1S/C13H10N3O/c1-4-5-6-7-8-9-10-13(2,3)11-17-12-15-16-14/h1,12H,11H2,2-3H3/q-1/b15-12+. The molecule has 17 heavy (non-hydrogen) atoms. The molecule has 4 nitrogen and oxygen atoms in total. The van der Waals surface area contributed by atoms with Crippen LogP contribution >= 0.6 is 0 Å². The van der Waals surface area contributed by atoms with E-state index in [2.05, 4.69) is 51.8 Å². The molecule has 0 aromatic heterocycles. The number of terminal acetylenes is 1. The van der Waals surface area contributed by atoms with Crippen molar-refractivity contribution in [3.8, 4) is 47.9 Å². The lowest BCUT2D eigenvalue weighted by molar-refractivity contribution is 0.227. The van der Waals surface area contributed by atoms with E-state index in [1.807, 2.05) is 13.8 Å². The van der Waals surface area contributed by atoms with Crippen molar-refractivity contribution in [3.63, 3.8) is 0 Å². The average molecular weight is 224 g/mol. The Morgan fingerprint density at radius 1 is 1.24 bits per heavy atom. The van der Waals surface area contributed by atoms with Crippen LogP contribution in [-0.4, -0.2) is 13.0 Å². The van der Waals surface area contributed by atoms with Gasteiger partial charge in [-0.25, -0.2) is 0 Å². The van der Waals surface area contributed by atoms with Gasteiger partial charge in [0.25, 0.3) is 0 Å². The molecule has 0 saturated carbocycles. The van der Waals surface area contributed by atoms with Crippen LogP contribution in [0.1, 0.15) is 13.8 Å². The van der Waals surface area contributed by atoms with Crippen LogP contribution in [0.3, 0.4) is 0 Å². The first-order valence-corrected chi connectivity index (χ1v) is 4.57. The predicted molar refractivity (Wildman–Crippen MR) is 66.2 cm³/mol. The Labute approximate surface area is 101 Å². The molecule has 0 N–H and O–H groups in total. The van der Waals surface area contributed by atoms with E-state index in [4.69, 9.17) is 16.7 Å². The lowest BCUT2D eigenvalue weighted by Gasteiger charge is -2.16. The molecule has 0 rings (SSSR count). The Kier molecular flexibility index (Phi) is 7.24. The summed E-state index contributed by atoms with van der Waals surface area (Å²) in [5, 5.41) is 5.64. The number of nitrogens with zero attached hydrogens (tertiary/aromatic N) is 3. The van der Waals surface area contributed by atoms with Gasteiger partial charge < -0.3 is 15.4 Å². The molecule has 0 aliphatic carbocycles. The average Bonchev–Trinajstić information content (AvgIpc) is 2.29. The zero-order valence-electron chi connectivity index (χ0n) is 9.61. The number of hydrogen-bond acceptors (Lipinski definition) is 2. The smallest absolute Gasteiger partial charge is 0.103 e. The van der Waals surface area contributed by atoms with Crippen LogP contribution in [0.15, 0.2) is 10.3 Å². The maximum Gasteiger partial charge on any atom is 0.103 e.